The second kappa shape index (κ2) is 5.18. The fourth-order valence-electron chi connectivity index (χ4n) is 3.31. The van der Waals surface area contributed by atoms with Crippen LogP contribution in [0.5, 0.6) is 0 Å². The van der Waals surface area contributed by atoms with Gasteiger partial charge >= 0.3 is 0 Å². The van der Waals surface area contributed by atoms with Crippen molar-refractivity contribution >= 4 is 0 Å². The van der Waals surface area contributed by atoms with Crippen LogP contribution in [0, 0.1) is 0 Å². The quantitative estimate of drug-likeness (QED) is 0.803. The first-order chi connectivity index (χ1) is 9.34. The predicted octanol–water partition coefficient (Wildman–Crippen LogP) is 3.68. The molecule has 0 aromatic heterocycles. The number of hydrogen-bond acceptors (Lipinski definition) is 1. The molecular weight excluding hydrogens is 230 g/mol. The molecule has 1 aliphatic carbocycles. The minimum Gasteiger partial charge on any atom is -0.310 e. The van der Waals surface area contributed by atoms with E-state index in [0.29, 0.717) is 0 Å². The molecule has 1 N–H and O–H groups in total. The number of hydrogen-bond donors (Lipinski definition) is 1. The van der Waals surface area contributed by atoms with E-state index in [1.807, 2.05) is 0 Å². The minimum absolute atomic E-state index is 0.125. The fraction of sp³-hybridized carbons (Fsp3) is 0.333. The summed E-state index contributed by atoms with van der Waals surface area (Å²) >= 11 is 0. The topological polar surface area (TPSA) is 12.0 Å². The van der Waals surface area contributed by atoms with Crippen LogP contribution in [0.2, 0.25) is 0 Å². The molecule has 0 spiro atoms. The molecule has 2 aromatic carbocycles. The number of rotatable bonds is 2. The zero-order valence-electron chi connectivity index (χ0n) is 11.5. The Labute approximate surface area is 115 Å². The molecule has 98 valence electrons. The van der Waals surface area contributed by atoms with Crippen LogP contribution in [-0.4, -0.2) is 7.05 Å². The van der Waals surface area contributed by atoms with Gasteiger partial charge in [0.2, 0.25) is 0 Å². The summed E-state index contributed by atoms with van der Waals surface area (Å²) in [5, 5.41) is 3.61. The lowest BCUT2D eigenvalue weighted by molar-refractivity contribution is 0.316. The Kier molecular flexibility index (Phi) is 3.39. The third-order valence-corrected chi connectivity index (χ3v) is 4.57. The monoisotopic (exact) mass is 251 g/mol. The first kappa shape index (κ1) is 12.4. The van der Waals surface area contributed by atoms with E-state index in [1.54, 1.807) is 0 Å². The molecule has 0 bridgehead atoms. The molecular formula is C18H21N. The maximum atomic E-state index is 3.61. The van der Waals surface area contributed by atoms with Gasteiger partial charge in [0.15, 0.2) is 0 Å². The summed E-state index contributed by atoms with van der Waals surface area (Å²) in [7, 11) is 2.10. The Morgan fingerprint density at radius 1 is 0.789 bits per heavy atom. The third kappa shape index (κ3) is 2.31. The van der Waals surface area contributed by atoms with Crippen molar-refractivity contribution in [1.29, 1.82) is 0 Å². The van der Waals surface area contributed by atoms with Gasteiger partial charge in [-0.25, -0.2) is 0 Å². The summed E-state index contributed by atoms with van der Waals surface area (Å²) < 4.78 is 0. The molecule has 0 saturated carbocycles. The van der Waals surface area contributed by atoms with Crippen molar-refractivity contribution in [3.8, 4) is 0 Å². The Morgan fingerprint density at radius 3 is 1.84 bits per heavy atom. The Hall–Kier alpha value is -1.60. The summed E-state index contributed by atoms with van der Waals surface area (Å²) in [6.07, 6.45) is 4.66. The second-order valence-electron chi connectivity index (χ2n) is 5.47. The van der Waals surface area contributed by atoms with Gasteiger partial charge in [-0.05, 0) is 49.4 Å². The van der Waals surface area contributed by atoms with Gasteiger partial charge in [0.25, 0.3) is 0 Å². The van der Waals surface area contributed by atoms with Crippen LogP contribution in [0.4, 0.5) is 0 Å². The number of aryl methyl sites for hydroxylation is 2. The van der Waals surface area contributed by atoms with Gasteiger partial charge < -0.3 is 5.32 Å². The molecule has 0 heterocycles. The van der Waals surface area contributed by atoms with Crippen LogP contribution in [0.1, 0.15) is 29.5 Å². The normalized spacial score (nSPS) is 17.5. The van der Waals surface area contributed by atoms with E-state index in [9.17, 15) is 0 Å². The first-order valence-electron chi connectivity index (χ1n) is 7.15. The number of nitrogens with one attached hydrogen (secondary N) is 1. The zero-order valence-corrected chi connectivity index (χ0v) is 11.5. The highest BCUT2D eigenvalue weighted by molar-refractivity contribution is 5.32. The second-order valence-corrected chi connectivity index (χ2v) is 5.47. The maximum Gasteiger partial charge on any atom is 0.0438 e. The highest BCUT2D eigenvalue weighted by Gasteiger charge is 2.31. The summed E-state index contributed by atoms with van der Waals surface area (Å²) in [4.78, 5) is 0. The molecule has 1 heteroatoms. The average Bonchev–Trinajstić information content (AvgIpc) is 2.69. The van der Waals surface area contributed by atoms with Gasteiger partial charge in [-0.15, -0.1) is 0 Å². The molecule has 0 aliphatic heterocycles. The molecule has 0 atom stereocenters. The SMILES string of the molecule is CNC1(c2ccccc2)CCc2ccccc2CC1. The van der Waals surface area contributed by atoms with E-state index in [1.165, 1.54) is 29.5 Å². The van der Waals surface area contributed by atoms with Crippen LogP contribution < -0.4 is 5.32 Å². The van der Waals surface area contributed by atoms with E-state index >= 15 is 0 Å². The molecule has 1 aliphatic rings. The average molecular weight is 251 g/mol. The van der Waals surface area contributed by atoms with Gasteiger partial charge in [0.1, 0.15) is 0 Å². The van der Waals surface area contributed by atoms with Crippen molar-refractivity contribution in [2.24, 2.45) is 0 Å². The van der Waals surface area contributed by atoms with Crippen molar-refractivity contribution in [2.45, 2.75) is 31.2 Å². The van der Waals surface area contributed by atoms with Crippen LogP contribution in [0.3, 0.4) is 0 Å². The van der Waals surface area contributed by atoms with Crippen molar-refractivity contribution in [3.05, 3.63) is 71.3 Å². The highest BCUT2D eigenvalue weighted by atomic mass is 14.9. The summed E-state index contributed by atoms with van der Waals surface area (Å²) in [6, 6.07) is 19.8. The summed E-state index contributed by atoms with van der Waals surface area (Å²) in [5.74, 6) is 0. The van der Waals surface area contributed by atoms with Crippen LogP contribution in [0.25, 0.3) is 0 Å². The standard InChI is InChI=1S/C18H21N/c1-19-18(17-9-3-2-4-10-17)13-11-15-7-5-6-8-16(15)12-14-18/h2-10,19H,11-14H2,1H3. The maximum absolute atomic E-state index is 3.61. The molecule has 0 unspecified atom stereocenters. The van der Waals surface area contributed by atoms with Gasteiger partial charge in [-0.2, -0.15) is 0 Å². The van der Waals surface area contributed by atoms with E-state index in [4.69, 9.17) is 0 Å². The van der Waals surface area contributed by atoms with Gasteiger partial charge in [0.05, 0.1) is 0 Å². The van der Waals surface area contributed by atoms with E-state index in [0.717, 1.165) is 12.8 Å². The van der Waals surface area contributed by atoms with E-state index in [2.05, 4.69) is 67.0 Å². The van der Waals surface area contributed by atoms with Crippen LogP contribution in [0.15, 0.2) is 54.6 Å². The van der Waals surface area contributed by atoms with Crippen molar-refractivity contribution in [1.82, 2.24) is 5.32 Å². The Balaban J connectivity index is 1.94. The van der Waals surface area contributed by atoms with Crippen molar-refractivity contribution < 1.29 is 0 Å². The molecule has 0 amide bonds. The molecule has 19 heavy (non-hydrogen) atoms. The summed E-state index contributed by atoms with van der Waals surface area (Å²) in [6.45, 7) is 0. The molecule has 1 nitrogen and oxygen atoms in total. The molecule has 0 radical (unpaired) electrons. The van der Waals surface area contributed by atoms with E-state index in [-0.39, 0.29) is 5.54 Å². The molecule has 2 aromatic rings. The van der Waals surface area contributed by atoms with Crippen LogP contribution >= 0.6 is 0 Å². The van der Waals surface area contributed by atoms with Gasteiger partial charge in [-0.1, -0.05) is 54.6 Å². The molecule has 3 rings (SSSR count). The minimum atomic E-state index is 0.125. The van der Waals surface area contributed by atoms with Gasteiger partial charge in [-0.3, -0.25) is 0 Å². The van der Waals surface area contributed by atoms with Gasteiger partial charge in [0, 0.05) is 5.54 Å². The smallest absolute Gasteiger partial charge is 0.0438 e. The zero-order chi connectivity index (χ0) is 13.1. The summed E-state index contributed by atoms with van der Waals surface area (Å²) in [5.41, 5.74) is 4.59. The Morgan fingerprint density at radius 2 is 1.32 bits per heavy atom. The lowest BCUT2D eigenvalue weighted by Gasteiger charge is -2.33. The van der Waals surface area contributed by atoms with Crippen molar-refractivity contribution in [2.75, 3.05) is 7.05 Å². The lowest BCUT2D eigenvalue weighted by atomic mass is 9.82. The molecule has 0 saturated heterocycles. The third-order valence-electron chi connectivity index (χ3n) is 4.57. The van der Waals surface area contributed by atoms with Crippen molar-refractivity contribution in [3.63, 3.8) is 0 Å². The molecule has 0 fully saturated rings. The Bertz CT molecular complexity index is 518. The lowest BCUT2D eigenvalue weighted by Crippen LogP contribution is -2.40. The van der Waals surface area contributed by atoms with E-state index < -0.39 is 0 Å². The van der Waals surface area contributed by atoms with Crippen LogP contribution in [-0.2, 0) is 18.4 Å². The number of benzene rings is 2. The number of fused-ring (bicyclic) bond motifs is 1. The largest absolute Gasteiger partial charge is 0.310 e. The highest BCUT2D eigenvalue weighted by Crippen LogP contribution is 2.35. The first-order valence-corrected chi connectivity index (χ1v) is 7.15. The fourth-order valence-corrected chi connectivity index (χ4v) is 3.31. The predicted molar refractivity (Wildman–Crippen MR) is 80.3 cm³/mol.